The van der Waals surface area contributed by atoms with Crippen LogP contribution in [0.1, 0.15) is 12.0 Å². The minimum absolute atomic E-state index is 0.247. The summed E-state index contributed by atoms with van der Waals surface area (Å²) in [6.07, 6.45) is 7.85. The molecular formula is C52H36N2O. The van der Waals surface area contributed by atoms with E-state index in [1.807, 2.05) is 18.2 Å². The van der Waals surface area contributed by atoms with Crippen LogP contribution in [-0.2, 0) is 0 Å². The smallest absolute Gasteiger partial charge is 0.136 e. The van der Waals surface area contributed by atoms with Gasteiger partial charge in [-0.2, -0.15) is 0 Å². The Morgan fingerprint density at radius 3 is 2.20 bits per heavy atom. The molecule has 1 N–H and O–H groups in total. The molecule has 2 heterocycles. The molecule has 0 spiro atoms. The lowest BCUT2D eigenvalue weighted by Crippen LogP contribution is -2.34. The normalized spacial score (nSPS) is 14.7. The van der Waals surface area contributed by atoms with Gasteiger partial charge in [0, 0.05) is 44.6 Å². The second kappa shape index (κ2) is 12.8. The molecule has 0 saturated carbocycles. The van der Waals surface area contributed by atoms with Crippen LogP contribution in [-0.4, -0.2) is 6.04 Å². The van der Waals surface area contributed by atoms with Crippen molar-refractivity contribution in [2.45, 2.75) is 12.5 Å². The zero-order chi connectivity index (χ0) is 36.3. The summed E-state index contributed by atoms with van der Waals surface area (Å²) in [5.74, 6) is 0. The van der Waals surface area contributed by atoms with Crippen LogP contribution in [0.3, 0.4) is 0 Å². The molecule has 0 radical (unpaired) electrons. The Morgan fingerprint density at radius 2 is 1.24 bits per heavy atom. The van der Waals surface area contributed by atoms with Gasteiger partial charge in [-0.25, -0.2) is 0 Å². The molecule has 1 atom stereocenters. The van der Waals surface area contributed by atoms with E-state index in [0.29, 0.717) is 0 Å². The third-order valence-corrected chi connectivity index (χ3v) is 11.3. The van der Waals surface area contributed by atoms with Gasteiger partial charge in [0.2, 0.25) is 0 Å². The molecule has 0 fully saturated rings. The average molecular weight is 705 g/mol. The Bertz CT molecular complexity index is 3000. The van der Waals surface area contributed by atoms with Crippen molar-refractivity contribution in [1.29, 1.82) is 0 Å². The van der Waals surface area contributed by atoms with E-state index < -0.39 is 0 Å². The second-order valence-electron chi connectivity index (χ2n) is 14.6. The van der Waals surface area contributed by atoms with E-state index in [4.69, 9.17) is 4.42 Å². The SMILES string of the molecule is C1=CC2CC(=C1)c1ccc(-c3cccc(-c4ccccc4Nc4ccccc4)c3)cc1N2c1ccc2cc(-c3ccc4c(c3)oc3ccccc34)ccc2c1. The predicted octanol–water partition coefficient (Wildman–Crippen LogP) is 14.3. The van der Waals surface area contributed by atoms with E-state index >= 15 is 0 Å². The van der Waals surface area contributed by atoms with Gasteiger partial charge in [0.1, 0.15) is 11.2 Å². The van der Waals surface area contributed by atoms with Crippen LogP contribution in [0.15, 0.2) is 199 Å². The summed E-state index contributed by atoms with van der Waals surface area (Å²) in [5, 5.41) is 8.38. The summed E-state index contributed by atoms with van der Waals surface area (Å²) in [6.45, 7) is 0. The molecule has 1 aliphatic carbocycles. The van der Waals surface area contributed by atoms with E-state index in [2.05, 4.69) is 186 Å². The van der Waals surface area contributed by atoms with Crippen molar-refractivity contribution in [2.75, 3.05) is 10.2 Å². The van der Waals surface area contributed by atoms with Gasteiger partial charge >= 0.3 is 0 Å². The van der Waals surface area contributed by atoms with Gasteiger partial charge in [-0.1, -0.05) is 127 Å². The highest BCUT2D eigenvalue weighted by Gasteiger charge is 2.30. The Hall–Kier alpha value is -7.10. The molecule has 0 amide bonds. The summed E-state index contributed by atoms with van der Waals surface area (Å²) >= 11 is 0. The number of fused-ring (bicyclic) bond motifs is 8. The number of hydrogen-bond acceptors (Lipinski definition) is 3. The van der Waals surface area contributed by atoms with Crippen LogP contribution in [0, 0.1) is 0 Å². The number of furan rings is 1. The first-order chi connectivity index (χ1) is 27.2. The van der Waals surface area contributed by atoms with Crippen LogP contribution < -0.4 is 10.2 Å². The highest BCUT2D eigenvalue weighted by molar-refractivity contribution is 6.06. The zero-order valence-electron chi connectivity index (χ0n) is 30.1. The molecular weight excluding hydrogens is 669 g/mol. The lowest BCUT2D eigenvalue weighted by Gasteiger charge is -2.40. The third-order valence-electron chi connectivity index (χ3n) is 11.3. The van der Waals surface area contributed by atoms with E-state index in [-0.39, 0.29) is 6.04 Å². The molecule has 1 aliphatic heterocycles. The van der Waals surface area contributed by atoms with Crippen molar-refractivity contribution >= 4 is 61.0 Å². The number of anilines is 4. The maximum atomic E-state index is 6.22. The van der Waals surface area contributed by atoms with Crippen molar-refractivity contribution in [1.82, 2.24) is 0 Å². The Morgan fingerprint density at radius 1 is 0.509 bits per heavy atom. The number of allylic oxidation sites excluding steroid dienone is 2. The van der Waals surface area contributed by atoms with Crippen molar-refractivity contribution in [3.05, 3.63) is 200 Å². The van der Waals surface area contributed by atoms with Crippen LogP contribution in [0.5, 0.6) is 0 Å². The Kier molecular flexibility index (Phi) is 7.31. The maximum Gasteiger partial charge on any atom is 0.136 e. The lowest BCUT2D eigenvalue weighted by atomic mass is 9.85. The van der Waals surface area contributed by atoms with Crippen molar-refractivity contribution in [3.63, 3.8) is 0 Å². The van der Waals surface area contributed by atoms with Gasteiger partial charge < -0.3 is 14.6 Å². The molecule has 1 aromatic heterocycles. The number of nitrogens with one attached hydrogen (secondary N) is 1. The molecule has 1 unspecified atom stereocenters. The van der Waals surface area contributed by atoms with Crippen LogP contribution in [0.2, 0.25) is 0 Å². The summed E-state index contributed by atoms with van der Waals surface area (Å²) in [4.78, 5) is 2.54. The van der Waals surface area contributed by atoms with Crippen LogP contribution in [0.4, 0.5) is 22.7 Å². The molecule has 8 aromatic carbocycles. The van der Waals surface area contributed by atoms with Crippen molar-refractivity contribution in [2.24, 2.45) is 0 Å². The van der Waals surface area contributed by atoms with Gasteiger partial charge in [0.25, 0.3) is 0 Å². The molecule has 2 aliphatic rings. The van der Waals surface area contributed by atoms with Gasteiger partial charge in [-0.3, -0.25) is 0 Å². The van der Waals surface area contributed by atoms with Gasteiger partial charge in [-0.15, -0.1) is 0 Å². The van der Waals surface area contributed by atoms with Gasteiger partial charge in [0.05, 0.1) is 6.04 Å². The minimum Gasteiger partial charge on any atom is -0.456 e. The highest BCUT2D eigenvalue weighted by Crippen LogP contribution is 2.47. The molecule has 2 bridgehead atoms. The quantitative estimate of drug-likeness (QED) is 0.187. The monoisotopic (exact) mass is 704 g/mol. The number of hydrogen-bond donors (Lipinski definition) is 1. The van der Waals surface area contributed by atoms with Crippen molar-refractivity contribution < 1.29 is 4.42 Å². The molecule has 260 valence electrons. The summed E-state index contributed by atoms with van der Waals surface area (Å²) < 4.78 is 6.22. The van der Waals surface area contributed by atoms with Crippen LogP contribution >= 0.6 is 0 Å². The second-order valence-corrected chi connectivity index (χ2v) is 14.6. The number of para-hydroxylation sites is 3. The molecule has 0 saturated heterocycles. The van der Waals surface area contributed by atoms with E-state index in [9.17, 15) is 0 Å². The standard InChI is InChI=1S/C52H36N2O/c1-2-13-42(14-3-1)53-49-18-6-4-16-45(49)40-11-8-10-34(29-40)38-23-26-46-41-12-9-15-43(31-41)54(50(46)32-38)44-25-22-36-28-35(20-21-37(36)30-44)39-24-27-48-47-17-5-7-19-51(47)55-52(48)33-39/h1-30,32-33,43,53H,31H2. The first-order valence-electron chi connectivity index (χ1n) is 19.0. The predicted molar refractivity (Wildman–Crippen MR) is 231 cm³/mol. The number of nitrogens with zero attached hydrogens (tertiary/aromatic N) is 1. The fraction of sp³-hybridized carbons (Fsp3) is 0.0385. The maximum absolute atomic E-state index is 6.22. The first kappa shape index (κ1) is 31.4. The molecule has 3 heteroatoms. The molecule has 9 aromatic rings. The van der Waals surface area contributed by atoms with Gasteiger partial charge in [0.15, 0.2) is 0 Å². The fourth-order valence-electron chi connectivity index (χ4n) is 8.58. The molecule has 11 rings (SSSR count). The average Bonchev–Trinajstić information content (AvgIpc) is 3.62. The number of rotatable bonds is 6. The minimum atomic E-state index is 0.247. The van der Waals surface area contributed by atoms with E-state index in [1.165, 1.54) is 61.1 Å². The van der Waals surface area contributed by atoms with E-state index in [1.54, 1.807) is 0 Å². The summed E-state index contributed by atoms with van der Waals surface area (Å²) in [6, 6.07) is 63.6. The topological polar surface area (TPSA) is 28.4 Å². The van der Waals surface area contributed by atoms with E-state index in [0.717, 1.165) is 45.3 Å². The third kappa shape index (κ3) is 5.52. The van der Waals surface area contributed by atoms with Crippen LogP contribution in [0.25, 0.3) is 71.7 Å². The molecule has 3 nitrogen and oxygen atoms in total. The molecule has 55 heavy (non-hydrogen) atoms. The number of benzene rings is 8. The van der Waals surface area contributed by atoms with Crippen molar-refractivity contribution in [3.8, 4) is 33.4 Å². The fourth-order valence-corrected chi connectivity index (χ4v) is 8.58. The largest absolute Gasteiger partial charge is 0.456 e. The Labute approximate surface area is 320 Å². The van der Waals surface area contributed by atoms with Gasteiger partial charge in [-0.05, 0) is 117 Å². The summed E-state index contributed by atoms with van der Waals surface area (Å²) in [5.41, 5.74) is 16.2. The lowest BCUT2D eigenvalue weighted by molar-refractivity contribution is 0.669. The first-order valence-corrected chi connectivity index (χ1v) is 19.0. The zero-order valence-corrected chi connectivity index (χ0v) is 30.1. The Balaban J connectivity index is 0.947. The summed E-state index contributed by atoms with van der Waals surface area (Å²) in [7, 11) is 0. The highest BCUT2D eigenvalue weighted by atomic mass is 16.3.